The van der Waals surface area contributed by atoms with Crippen LogP contribution in [0.4, 0.5) is 20.6 Å². The van der Waals surface area contributed by atoms with Gasteiger partial charge in [-0.25, -0.2) is 14.2 Å². The van der Waals surface area contributed by atoms with Gasteiger partial charge in [0.1, 0.15) is 11.6 Å². The first-order chi connectivity index (χ1) is 22.8. The van der Waals surface area contributed by atoms with E-state index < -0.39 is 39.9 Å². The Balaban J connectivity index is 1.62. The lowest BCUT2D eigenvalue weighted by atomic mass is 10.0. The number of amides is 3. The summed E-state index contributed by atoms with van der Waals surface area (Å²) in [7, 11) is -0.762. The van der Waals surface area contributed by atoms with E-state index in [1.54, 1.807) is 27.1 Å². The number of sulfonamides is 1. The third-order valence-electron chi connectivity index (χ3n) is 8.16. The summed E-state index contributed by atoms with van der Waals surface area (Å²) in [6.07, 6.45) is 4.17. The Morgan fingerprint density at radius 1 is 1.17 bits per heavy atom. The summed E-state index contributed by atoms with van der Waals surface area (Å²) in [6.45, 7) is 5.95. The zero-order valence-corrected chi connectivity index (χ0v) is 28.7. The summed E-state index contributed by atoms with van der Waals surface area (Å²) in [5, 5.41) is 12.8. The monoisotopic (exact) mass is 688 g/mol. The van der Waals surface area contributed by atoms with Crippen molar-refractivity contribution in [2.24, 2.45) is 13.0 Å². The number of ether oxygens (including phenoxy) is 2. The zero-order chi connectivity index (χ0) is 35.0. The average molecular weight is 689 g/mol. The molecule has 0 spiro atoms. The summed E-state index contributed by atoms with van der Waals surface area (Å²) in [5.41, 5.74) is 0.712. The fraction of sp³-hybridized carbons (Fsp3) is 0.485. The van der Waals surface area contributed by atoms with Gasteiger partial charge in [-0.15, -0.1) is 0 Å². The highest BCUT2D eigenvalue weighted by atomic mass is 32.2. The third-order valence-corrected chi connectivity index (χ3v) is 9.42. The fourth-order valence-electron chi connectivity index (χ4n) is 5.29. The van der Waals surface area contributed by atoms with Gasteiger partial charge in [-0.05, 0) is 75.6 Å². The van der Waals surface area contributed by atoms with Gasteiger partial charge in [-0.2, -0.15) is 8.42 Å². The Labute approximate surface area is 281 Å². The lowest BCUT2D eigenvalue weighted by Crippen LogP contribution is -2.48. The molecule has 3 amide bonds. The van der Waals surface area contributed by atoms with Crippen LogP contribution in [0.5, 0.6) is 5.75 Å². The molecule has 2 heterocycles. The van der Waals surface area contributed by atoms with Crippen molar-refractivity contribution >= 4 is 33.3 Å². The van der Waals surface area contributed by atoms with Crippen LogP contribution in [0.1, 0.15) is 50.4 Å². The fourth-order valence-corrected chi connectivity index (χ4v) is 6.32. The van der Waals surface area contributed by atoms with Crippen LogP contribution in [-0.2, 0) is 21.8 Å². The number of aliphatic hydroxyl groups is 1. The van der Waals surface area contributed by atoms with Gasteiger partial charge in [-0.3, -0.25) is 9.52 Å². The SMILES string of the molecule is C[C@H]1CCCCO[C@@H](CN(C)C(=O)Nc2ccc(F)cc2)[C@@H](C)CN([C@@H](C)CO)C(=O)c2cc(NS(=O)(=O)c3cn(C)cn3)ccc2O1. The molecule has 3 N–H and O–H groups in total. The molecule has 0 unspecified atom stereocenters. The van der Waals surface area contributed by atoms with E-state index in [9.17, 15) is 27.5 Å². The normalized spacial score (nSPS) is 20.2. The van der Waals surface area contributed by atoms with E-state index in [2.05, 4.69) is 15.0 Å². The number of fused-ring (bicyclic) bond motifs is 1. The van der Waals surface area contributed by atoms with Crippen LogP contribution in [0.25, 0.3) is 0 Å². The first-order valence-electron chi connectivity index (χ1n) is 15.9. The van der Waals surface area contributed by atoms with E-state index in [-0.39, 0.29) is 53.7 Å². The lowest BCUT2D eigenvalue weighted by molar-refractivity contribution is -0.0115. The number of aromatic nitrogens is 2. The number of likely N-dealkylation sites (N-methyl/N-ethyl adjacent to an activating group) is 1. The van der Waals surface area contributed by atoms with E-state index in [0.29, 0.717) is 18.7 Å². The number of imidazole rings is 1. The van der Waals surface area contributed by atoms with E-state index in [1.165, 1.54) is 63.3 Å². The molecule has 0 saturated heterocycles. The molecule has 1 aromatic heterocycles. The topological polar surface area (TPSA) is 155 Å². The van der Waals surface area contributed by atoms with Gasteiger partial charge in [0.2, 0.25) is 0 Å². The number of nitrogens with zero attached hydrogens (tertiary/aromatic N) is 4. The van der Waals surface area contributed by atoms with Crippen molar-refractivity contribution in [3.05, 3.63) is 66.4 Å². The standard InChI is InChI=1S/C33H45FN6O7S/c1-22-17-40(23(2)20-41)32(42)28-16-27(37-48(44,45)31-19-38(4)21-35-31)13-14-29(28)47-24(3)8-6-7-15-46-30(22)18-39(5)33(43)36-26-11-9-25(34)10-12-26/h9-14,16,19,21-24,30,37,41H,6-8,15,17-18,20H2,1-5H3,(H,36,43)/t22-,23-,24-,30-/m0/s1. The maximum Gasteiger partial charge on any atom is 0.321 e. The smallest absolute Gasteiger partial charge is 0.321 e. The Hall–Kier alpha value is -4.21. The number of rotatable bonds is 8. The van der Waals surface area contributed by atoms with Crippen LogP contribution in [0.3, 0.4) is 0 Å². The van der Waals surface area contributed by atoms with Crippen molar-refractivity contribution in [2.75, 3.05) is 43.4 Å². The van der Waals surface area contributed by atoms with Crippen LogP contribution in [0.15, 0.2) is 60.0 Å². The highest BCUT2D eigenvalue weighted by Crippen LogP contribution is 2.29. The number of nitrogens with one attached hydrogen (secondary N) is 2. The molecule has 1 aliphatic heterocycles. The van der Waals surface area contributed by atoms with Crippen molar-refractivity contribution in [3.8, 4) is 5.75 Å². The predicted octanol–water partition coefficient (Wildman–Crippen LogP) is 4.32. The van der Waals surface area contributed by atoms with Crippen molar-refractivity contribution in [3.63, 3.8) is 0 Å². The lowest BCUT2D eigenvalue weighted by Gasteiger charge is -2.35. The summed E-state index contributed by atoms with van der Waals surface area (Å²) in [4.78, 5) is 34.2. The van der Waals surface area contributed by atoms with Gasteiger partial charge in [0.15, 0.2) is 5.03 Å². The highest BCUT2D eigenvalue weighted by molar-refractivity contribution is 7.92. The van der Waals surface area contributed by atoms with Gasteiger partial charge in [0.05, 0.1) is 36.7 Å². The van der Waals surface area contributed by atoms with E-state index in [4.69, 9.17) is 9.47 Å². The Bertz CT molecular complexity index is 1650. The Morgan fingerprint density at radius 3 is 2.54 bits per heavy atom. The molecule has 262 valence electrons. The van der Waals surface area contributed by atoms with E-state index >= 15 is 0 Å². The number of hydrogen-bond donors (Lipinski definition) is 3. The van der Waals surface area contributed by atoms with Gasteiger partial charge in [0, 0.05) is 57.3 Å². The van der Waals surface area contributed by atoms with Crippen LogP contribution < -0.4 is 14.8 Å². The number of urea groups is 1. The molecular weight excluding hydrogens is 643 g/mol. The van der Waals surface area contributed by atoms with Crippen LogP contribution >= 0.6 is 0 Å². The number of anilines is 2. The molecule has 15 heteroatoms. The molecule has 1 aliphatic rings. The summed E-state index contributed by atoms with van der Waals surface area (Å²) < 4.78 is 56.0. The second-order valence-electron chi connectivity index (χ2n) is 12.3. The predicted molar refractivity (Wildman–Crippen MR) is 179 cm³/mol. The number of benzene rings is 2. The molecule has 0 aliphatic carbocycles. The Kier molecular flexibility index (Phi) is 12.4. The summed E-state index contributed by atoms with van der Waals surface area (Å²) >= 11 is 0. The molecule has 48 heavy (non-hydrogen) atoms. The van der Waals surface area contributed by atoms with Crippen molar-refractivity contribution in [1.82, 2.24) is 19.4 Å². The first-order valence-corrected chi connectivity index (χ1v) is 17.4. The number of hydrogen-bond acceptors (Lipinski definition) is 8. The molecule has 13 nitrogen and oxygen atoms in total. The first kappa shape index (κ1) is 36.6. The van der Waals surface area contributed by atoms with Crippen LogP contribution in [-0.4, -0.2) is 96.4 Å². The summed E-state index contributed by atoms with van der Waals surface area (Å²) in [6, 6.07) is 8.96. The molecule has 0 radical (unpaired) electrons. The van der Waals surface area contributed by atoms with E-state index in [0.717, 1.165) is 12.8 Å². The molecule has 4 rings (SSSR count). The summed E-state index contributed by atoms with van der Waals surface area (Å²) in [5.74, 6) is -0.896. The van der Waals surface area contributed by atoms with Crippen LogP contribution in [0, 0.1) is 11.7 Å². The third kappa shape index (κ3) is 9.67. The highest BCUT2D eigenvalue weighted by Gasteiger charge is 2.31. The van der Waals surface area contributed by atoms with Gasteiger partial charge in [0.25, 0.3) is 15.9 Å². The second-order valence-corrected chi connectivity index (χ2v) is 13.9. The molecular formula is C33H45FN6O7S. The zero-order valence-electron chi connectivity index (χ0n) is 27.9. The molecule has 0 saturated carbocycles. The number of aliphatic hydroxyl groups excluding tert-OH is 1. The molecule has 4 atom stereocenters. The number of carbonyl (C=O) groups is 2. The number of halogens is 1. The van der Waals surface area contributed by atoms with Gasteiger partial charge in [-0.1, -0.05) is 6.92 Å². The molecule has 0 fully saturated rings. The second kappa shape index (κ2) is 16.3. The maximum absolute atomic E-state index is 14.3. The van der Waals surface area contributed by atoms with Crippen molar-refractivity contribution in [2.45, 2.75) is 63.3 Å². The average Bonchev–Trinajstić information content (AvgIpc) is 3.50. The minimum atomic E-state index is -4.05. The number of aryl methyl sites for hydroxylation is 1. The van der Waals surface area contributed by atoms with Crippen LogP contribution in [0.2, 0.25) is 0 Å². The van der Waals surface area contributed by atoms with Gasteiger partial charge < -0.3 is 34.3 Å². The number of carbonyl (C=O) groups excluding carboxylic acids is 2. The van der Waals surface area contributed by atoms with Crippen molar-refractivity contribution in [1.29, 1.82) is 0 Å². The minimum absolute atomic E-state index is 0.126. The Morgan fingerprint density at radius 2 is 1.88 bits per heavy atom. The van der Waals surface area contributed by atoms with Gasteiger partial charge >= 0.3 is 6.03 Å². The quantitative estimate of drug-likeness (QED) is 0.316. The molecule has 3 aromatic rings. The minimum Gasteiger partial charge on any atom is -0.490 e. The molecule has 0 bridgehead atoms. The molecule has 2 aromatic carbocycles. The largest absolute Gasteiger partial charge is 0.490 e. The maximum atomic E-state index is 14.3. The van der Waals surface area contributed by atoms with E-state index in [1.807, 2.05) is 13.8 Å². The van der Waals surface area contributed by atoms with Crippen molar-refractivity contribution < 1.29 is 37.0 Å².